The lowest BCUT2D eigenvalue weighted by Gasteiger charge is -2.21. The number of aromatic nitrogens is 1. The highest BCUT2D eigenvalue weighted by Crippen LogP contribution is 2.21. The van der Waals surface area contributed by atoms with Crippen molar-refractivity contribution < 1.29 is 4.79 Å². The van der Waals surface area contributed by atoms with Gasteiger partial charge >= 0.3 is 0 Å². The summed E-state index contributed by atoms with van der Waals surface area (Å²) in [5, 5.41) is 0.539. The van der Waals surface area contributed by atoms with Crippen molar-refractivity contribution in [2.24, 2.45) is 0 Å². The van der Waals surface area contributed by atoms with Crippen LogP contribution in [-0.2, 0) is 6.54 Å². The quantitative estimate of drug-likeness (QED) is 0.799. The van der Waals surface area contributed by atoms with Crippen LogP contribution in [0.3, 0.4) is 0 Å². The van der Waals surface area contributed by atoms with Crippen LogP contribution in [0.5, 0.6) is 0 Å². The molecule has 0 spiro atoms. The van der Waals surface area contributed by atoms with Gasteiger partial charge < -0.3 is 4.90 Å². The Morgan fingerprint density at radius 3 is 2.71 bits per heavy atom. The number of pyridine rings is 1. The maximum absolute atomic E-state index is 12.6. The Hall–Kier alpha value is -1.39. The van der Waals surface area contributed by atoms with Gasteiger partial charge in [-0.15, -0.1) is 0 Å². The maximum Gasteiger partial charge on any atom is 0.254 e. The summed E-state index contributed by atoms with van der Waals surface area (Å²) in [6, 6.07) is 11.0. The van der Waals surface area contributed by atoms with E-state index in [0.29, 0.717) is 23.7 Å². The lowest BCUT2D eigenvalue weighted by Crippen LogP contribution is -2.30. The van der Waals surface area contributed by atoms with Crippen molar-refractivity contribution in [1.29, 1.82) is 0 Å². The molecule has 3 nitrogen and oxygen atoms in total. The lowest BCUT2D eigenvalue weighted by molar-refractivity contribution is 0.0750. The standard InChI is InChI=1S/C16H16BrClN2O/c1-3-20(10-15-6-4-5-11(2)19-15)16(21)12-7-13(17)9-14(18)8-12/h4-9H,3,10H2,1-2H3. The number of hydrogen-bond acceptors (Lipinski definition) is 2. The van der Waals surface area contributed by atoms with Gasteiger partial charge in [-0.25, -0.2) is 0 Å². The van der Waals surface area contributed by atoms with Crippen molar-refractivity contribution in [2.45, 2.75) is 20.4 Å². The topological polar surface area (TPSA) is 33.2 Å². The molecule has 0 aliphatic heterocycles. The second kappa shape index (κ2) is 7.05. The molecule has 0 N–H and O–H groups in total. The van der Waals surface area contributed by atoms with Crippen LogP contribution in [-0.4, -0.2) is 22.3 Å². The van der Waals surface area contributed by atoms with E-state index < -0.39 is 0 Å². The van der Waals surface area contributed by atoms with E-state index in [9.17, 15) is 4.79 Å². The molecule has 0 aliphatic rings. The Bertz CT molecular complexity index is 640. The SMILES string of the molecule is CCN(Cc1cccc(C)n1)C(=O)c1cc(Cl)cc(Br)c1. The zero-order valence-corrected chi connectivity index (χ0v) is 14.3. The number of halogens is 2. The first-order valence-electron chi connectivity index (χ1n) is 6.67. The van der Waals surface area contributed by atoms with Crippen LogP contribution in [0.4, 0.5) is 0 Å². The van der Waals surface area contributed by atoms with Gasteiger partial charge in [-0.1, -0.05) is 33.6 Å². The lowest BCUT2D eigenvalue weighted by atomic mass is 10.2. The fraction of sp³-hybridized carbons (Fsp3) is 0.250. The second-order valence-electron chi connectivity index (χ2n) is 4.75. The summed E-state index contributed by atoms with van der Waals surface area (Å²) < 4.78 is 0.795. The molecular weight excluding hydrogens is 352 g/mol. The first-order valence-corrected chi connectivity index (χ1v) is 7.84. The minimum atomic E-state index is -0.0518. The van der Waals surface area contributed by atoms with E-state index in [1.165, 1.54) is 0 Å². The molecule has 21 heavy (non-hydrogen) atoms. The highest BCUT2D eigenvalue weighted by Gasteiger charge is 2.16. The Morgan fingerprint density at radius 2 is 2.10 bits per heavy atom. The smallest absolute Gasteiger partial charge is 0.254 e. The van der Waals surface area contributed by atoms with E-state index in [4.69, 9.17) is 11.6 Å². The van der Waals surface area contributed by atoms with Crippen molar-refractivity contribution in [1.82, 2.24) is 9.88 Å². The summed E-state index contributed by atoms with van der Waals surface area (Å²) in [7, 11) is 0. The van der Waals surface area contributed by atoms with Gasteiger partial charge in [-0.05, 0) is 44.2 Å². The largest absolute Gasteiger partial charge is 0.333 e. The molecule has 0 radical (unpaired) electrons. The van der Waals surface area contributed by atoms with E-state index in [1.54, 1.807) is 23.1 Å². The fourth-order valence-corrected chi connectivity index (χ4v) is 2.93. The van der Waals surface area contributed by atoms with Crippen molar-refractivity contribution in [3.63, 3.8) is 0 Å². The highest BCUT2D eigenvalue weighted by molar-refractivity contribution is 9.10. The number of rotatable bonds is 4. The van der Waals surface area contributed by atoms with E-state index in [0.717, 1.165) is 15.9 Å². The van der Waals surface area contributed by atoms with Crippen molar-refractivity contribution >= 4 is 33.4 Å². The summed E-state index contributed by atoms with van der Waals surface area (Å²) in [6.07, 6.45) is 0. The Morgan fingerprint density at radius 1 is 1.33 bits per heavy atom. The van der Waals surface area contributed by atoms with E-state index >= 15 is 0 Å². The molecular formula is C16H16BrClN2O. The molecule has 1 aromatic carbocycles. The minimum absolute atomic E-state index is 0.0518. The van der Waals surface area contributed by atoms with E-state index in [-0.39, 0.29) is 5.91 Å². The van der Waals surface area contributed by atoms with Crippen LogP contribution in [0.15, 0.2) is 40.9 Å². The van der Waals surface area contributed by atoms with Crippen LogP contribution in [0.2, 0.25) is 5.02 Å². The highest BCUT2D eigenvalue weighted by atomic mass is 79.9. The van der Waals surface area contributed by atoms with Gasteiger partial charge in [0.2, 0.25) is 0 Å². The molecule has 1 heterocycles. The summed E-state index contributed by atoms with van der Waals surface area (Å²) in [6.45, 7) is 4.99. The third kappa shape index (κ3) is 4.29. The Kier molecular flexibility index (Phi) is 5.37. The summed E-state index contributed by atoms with van der Waals surface area (Å²) in [5.41, 5.74) is 2.40. The molecule has 110 valence electrons. The zero-order chi connectivity index (χ0) is 15.4. The van der Waals surface area contributed by atoms with Gasteiger partial charge in [0, 0.05) is 27.3 Å². The second-order valence-corrected chi connectivity index (χ2v) is 6.10. The van der Waals surface area contributed by atoms with Crippen LogP contribution >= 0.6 is 27.5 Å². The molecule has 0 bridgehead atoms. The molecule has 1 aromatic heterocycles. The predicted octanol–water partition coefficient (Wildman–Crippen LogP) is 4.47. The van der Waals surface area contributed by atoms with Gasteiger partial charge in [0.1, 0.15) is 0 Å². The number of nitrogens with zero attached hydrogens (tertiary/aromatic N) is 2. The number of aryl methyl sites for hydroxylation is 1. The molecule has 0 fully saturated rings. The molecule has 0 atom stereocenters. The number of benzene rings is 1. The van der Waals surface area contributed by atoms with E-state index in [2.05, 4.69) is 20.9 Å². The van der Waals surface area contributed by atoms with Gasteiger partial charge in [0.05, 0.1) is 12.2 Å². The van der Waals surface area contributed by atoms with Crippen LogP contribution in [0.1, 0.15) is 28.7 Å². The molecule has 0 saturated heterocycles. The van der Waals surface area contributed by atoms with Crippen LogP contribution < -0.4 is 0 Å². The van der Waals surface area contributed by atoms with Gasteiger partial charge in [-0.3, -0.25) is 9.78 Å². The first kappa shape index (κ1) is 16.0. The summed E-state index contributed by atoms with van der Waals surface area (Å²) in [5.74, 6) is -0.0518. The molecule has 2 aromatic rings. The van der Waals surface area contributed by atoms with Crippen LogP contribution in [0, 0.1) is 6.92 Å². The molecule has 2 rings (SSSR count). The predicted molar refractivity (Wildman–Crippen MR) is 88.5 cm³/mol. The third-order valence-electron chi connectivity index (χ3n) is 3.08. The molecule has 0 saturated carbocycles. The summed E-state index contributed by atoms with van der Waals surface area (Å²) >= 11 is 9.37. The number of carbonyl (C=O) groups excluding carboxylic acids is 1. The number of amides is 1. The van der Waals surface area contributed by atoms with Crippen molar-refractivity contribution in [3.8, 4) is 0 Å². The van der Waals surface area contributed by atoms with E-state index in [1.807, 2.05) is 32.0 Å². The monoisotopic (exact) mass is 366 g/mol. The van der Waals surface area contributed by atoms with Crippen molar-refractivity contribution in [3.05, 3.63) is 62.8 Å². The molecule has 0 unspecified atom stereocenters. The average molecular weight is 368 g/mol. The Labute approximate surface area is 138 Å². The Balaban J connectivity index is 2.22. The third-order valence-corrected chi connectivity index (χ3v) is 3.75. The van der Waals surface area contributed by atoms with Gasteiger partial charge in [0.25, 0.3) is 5.91 Å². The summed E-state index contributed by atoms with van der Waals surface area (Å²) in [4.78, 5) is 18.8. The van der Waals surface area contributed by atoms with Gasteiger partial charge in [-0.2, -0.15) is 0 Å². The minimum Gasteiger partial charge on any atom is -0.333 e. The molecule has 0 aliphatic carbocycles. The normalized spacial score (nSPS) is 10.5. The van der Waals surface area contributed by atoms with Crippen LogP contribution in [0.25, 0.3) is 0 Å². The molecule has 1 amide bonds. The molecule has 5 heteroatoms. The average Bonchev–Trinajstić information content (AvgIpc) is 2.43. The fourth-order valence-electron chi connectivity index (χ4n) is 2.07. The van der Waals surface area contributed by atoms with Crippen molar-refractivity contribution in [2.75, 3.05) is 6.54 Å². The zero-order valence-electron chi connectivity index (χ0n) is 11.9. The number of hydrogen-bond donors (Lipinski definition) is 0. The van der Waals surface area contributed by atoms with Gasteiger partial charge in [0.15, 0.2) is 0 Å². The maximum atomic E-state index is 12.6. The first-order chi connectivity index (χ1) is 9.99. The number of carbonyl (C=O) groups is 1.